The molecule has 1 aromatic carbocycles. The van der Waals surface area contributed by atoms with Crippen LogP contribution in [-0.2, 0) is 6.61 Å². The van der Waals surface area contributed by atoms with Crippen molar-refractivity contribution in [2.45, 2.75) is 13.5 Å². The molecule has 0 saturated heterocycles. The van der Waals surface area contributed by atoms with Crippen LogP contribution in [0.1, 0.15) is 11.1 Å². The predicted octanol–water partition coefficient (Wildman–Crippen LogP) is 1.33. The van der Waals surface area contributed by atoms with Crippen molar-refractivity contribution in [2.24, 2.45) is 0 Å². The van der Waals surface area contributed by atoms with Crippen LogP contribution in [0.5, 0.6) is 5.75 Å². The van der Waals surface area contributed by atoms with Crippen molar-refractivity contribution in [3.05, 3.63) is 29.1 Å². The highest BCUT2D eigenvalue weighted by Gasteiger charge is 2.04. The van der Waals surface area contributed by atoms with E-state index in [1.165, 1.54) is 6.07 Å². The highest BCUT2D eigenvalue weighted by Crippen LogP contribution is 2.20. The molecule has 0 heterocycles. The first kappa shape index (κ1) is 8.01. The van der Waals surface area contributed by atoms with Crippen LogP contribution in [0.3, 0.4) is 0 Å². The number of phenols is 1. The van der Waals surface area contributed by atoms with Crippen LogP contribution in [0, 0.1) is 12.7 Å². The van der Waals surface area contributed by atoms with Gasteiger partial charge in [-0.05, 0) is 18.6 Å². The fraction of sp³-hybridized carbons (Fsp3) is 0.250. The van der Waals surface area contributed by atoms with Gasteiger partial charge in [-0.15, -0.1) is 0 Å². The molecule has 3 heteroatoms. The van der Waals surface area contributed by atoms with Gasteiger partial charge in [0.05, 0.1) is 6.61 Å². The van der Waals surface area contributed by atoms with E-state index in [1.807, 2.05) is 0 Å². The van der Waals surface area contributed by atoms with Crippen LogP contribution in [0.4, 0.5) is 4.39 Å². The molecule has 11 heavy (non-hydrogen) atoms. The number of hydrogen-bond donors (Lipinski definition) is 2. The minimum absolute atomic E-state index is 0.199. The maximum atomic E-state index is 12.7. The lowest BCUT2D eigenvalue weighted by atomic mass is 10.1. The van der Waals surface area contributed by atoms with Crippen molar-refractivity contribution in [1.82, 2.24) is 0 Å². The summed E-state index contributed by atoms with van der Waals surface area (Å²) in [5, 5.41) is 17.7. The molecule has 0 unspecified atom stereocenters. The summed E-state index contributed by atoms with van der Waals surface area (Å²) < 4.78 is 12.7. The number of aliphatic hydroxyl groups excluding tert-OH is 1. The molecule has 0 fully saturated rings. The highest BCUT2D eigenvalue weighted by atomic mass is 19.1. The third-order valence-corrected chi connectivity index (χ3v) is 1.53. The molecule has 60 valence electrons. The Bertz CT molecular complexity index is 271. The predicted molar refractivity (Wildman–Crippen MR) is 38.7 cm³/mol. The molecule has 0 saturated carbocycles. The lowest BCUT2D eigenvalue weighted by Crippen LogP contribution is -1.89. The summed E-state index contributed by atoms with van der Waals surface area (Å²) >= 11 is 0. The number of hydrogen-bond acceptors (Lipinski definition) is 2. The lowest BCUT2D eigenvalue weighted by Gasteiger charge is -2.02. The molecule has 0 atom stereocenters. The first-order valence-electron chi connectivity index (χ1n) is 3.24. The van der Waals surface area contributed by atoms with Crippen molar-refractivity contribution in [3.63, 3.8) is 0 Å². The van der Waals surface area contributed by atoms with Crippen molar-refractivity contribution >= 4 is 0 Å². The second kappa shape index (κ2) is 2.88. The van der Waals surface area contributed by atoms with E-state index in [1.54, 1.807) is 6.92 Å². The number of aromatic hydroxyl groups is 1. The van der Waals surface area contributed by atoms with E-state index >= 15 is 0 Å². The fourth-order valence-electron chi connectivity index (χ4n) is 0.857. The van der Waals surface area contributed by atoms with Crippen molar-refractivity contribution in [3.8, 4) is 5.75 Å². The van der Waals surface area contributed by atoms with Crippen LogP contribution in [0.2, 0.25) is 0 Å². The Labute approximate surface area is 63.9 Å². The summed E-state index contributed by atoms with van der Waals surface area (Å²) in [5.41, 5.74) is 0.774. The van der Waals surface area contributed by atoms with Gasteiger partial charge in [-0.2, -0.15) is 0 Å². The topological polar surface area (TPSA) is 40.5 Å². The largest absolute Gasteiger partial charge is 0.507 e. The third kappa shape index (κ3) is 1.49. The monoisotopic (exact) mass is 156 g/mol. The van der Waals surface area contributed by atoms with Crippen molar-refractivity contribution < 1.29 is 14.6 Å². The normalized spacial score (nSPS) is 10.1. The molecule has 1 rings (SSSR count). The summed E-state index contributed by atoms with van der Waals surface area (Å²) in [7, 11) is 0. The zero-order valence-electron chi connectivity index (χ0n) is 6.13. The standard InChI is InChI=1S/C8H9FO2/c1-5-2-6(4-10)8(11)3-7(5)9/h2-3,10-11H,4H2,1H3. The van der Waals surface area contributed by atoms with Crippen LogP contribution in [0.15, 0.2) is 12.1 Å². The molecule has 0 aromatic heterocycles. The fourth-order valence-corrected chi connectivity index (χ4v) is 0.857. The number of halogens is 1. The molecule has 0 spiro atoms. The quantitative estimate of drug-likeness (QED) is 0.644. The van der Waals surface area contributed by atoms with Gasteiger partial charge in [0.1, 0.15) is 11.6 Å². The Balaban J connectivity index is 3.21. The summed E-state index contributed by atoms with van der Waals surface area (Å²) in [6.07, 6.45) is 0. The Morgan fingerprint density at radius 2 is 2.09 bits per heavy atom. The Morgan fingerprint density at radius 3 is 2.64 bits per heavy atom. The van der Waals surface area contributed by atoms with Crippen LogP contribution in [0.25, 0.3) is 0 Å². The van der Waals surface area contributed by atoms with Gasteiger partial charge < -0.3 is 10.2 Å². The molecular formula is C8H9FO2. The van der Waals surface area contributed by atoms with E-state index in [0.717, 1.165) is 6.07 Å². The Morgan fingerprint density at radius 1 is 1.45 bits per heavy atom. The molecular weight excluding hydrogens is 147 g/mol. The van der Waals surface area contributed by atoms with Crippen LogP contribution in [-0.4, -0.2) is 10.2 Å². The first-order valence-corrected chi connectivity index (χ1v) is 3.24. The van der Waals surface area contributed by atoms with Gasteiger partial charge in [0.15, 0.2) is 0 Å². The van der Waals surface area contributed by atoms with Gasteiger partial charge >= 0.3 is 0 Å². The average Bonchev–Trinajstić information content (AvgIpc) is 1.97. The molecule has 0 aliphatic carbocycles. The minimum atomic E-state index is -0.459. The Kier molecular flexibility index (Phi) is 2.10. The van der Waals surface area contributed by atoms with E-state index < -0.39 is 5.82 Å². The summed E-state index contributed by atoms with van der Waals surface area (Å²) in [6.45, 7) is 1.31. The molecule has 0 radical (unpaired) electrons. The van der Waals surface area contributed by atoms with Crippen molar-refractivity contribution in [2.75, 3.05) is 0 Å². The maximum Gasteiger partial charge on any atom is 0.129 e. The summed E-state index contributed by atoms with van der Waals surface area (Å²) in [6, 6.07) is 2.42. The lowest BCUT2D eigenvalue weighted by molar-refractivity contribution is 0.275. The maximum absolute atomic E-state index is 12.7. The number of rotatable bonds is 1. The third-order valence-electron chi connectivity index (χ3n) is 1.53. The molecule has 0 aliphatic rings. The van der Waals surface area contributed by atoms with Crippen molar-refractivity contribution in [1.29, 1.82) is 0 Å². The zero-order chi connectivity index (χ0) is 8.43. The first-order chi connectivity index (χ1) is 5.15. The van der Waals surface area contributed by atoms with E-state index in [0.29, 0.717) is 11.1 Å². The van der Waals surface area contributed by atoms with E-state index in [-0.39, 0.29) is 12.4 Å². The zero-order valence-corrected chi connectivity index (χ0v) is 6.13. The second-order valence-electron chi connectivity index (χ2n) is 2.39. The Hall–Kier alpha value is -1.09. The highest BCUT2D eigenvalue weighted by molar-refractivity contribution is 5.36. The summed E-state index contributed by atoms with van der Waals surface area (Å²) in [4.78, 5) is 0. The van der Waals surface area contributed by atoms with Gasteiger partial charge in [0.25, 0.3) is 0 Å². The van der Waals surface area contributed by atoms with Crippen LogP contribution >= 0.6 is 0 Å². The van der Waals surface area contributed by atoms with Gasteiger partial charge in [0.2, 0.25) is 0 Å². The molecule has 2 nitrogen and oxygen atoms in total. The number of aryl methyl sites for hydroxylation is 1. The molecule has 1 aromatic rings. The van der Waals surface area contributed by atoms with E-state index in [9.17, 15) is 4.39 Å². The van der Waals surface area contributed by atoms with Gasteiger partial charge in [0, 0.05) is 11.6 Å². The van der Waals surface area contributed by atoms with E-state index in [2.05, 4.69) is 0 Å². The van der Waals surface area contributed by atoms with Gasteiger partial charge in [-0.25, -0.2) is 4.39 Å². The SMILES string of the molecule is Cc1cc(CO)c(O)cc1F. The smallest absolute Gasteiger partial charge is 0.129 e. The second-order valence-corrected chi connectivity index (χ2v) is 2.39. The molecule has 0 aliphatic heterocycles. The average molecular weight is 156 g/mol. The molecule has 2 N–H and O–H groups in total. The van der Waals surface area contributed by atoms with E-state index in [4.69, 9.17) is 10.2 Å². The summed E-state index contributed by atoms with van der Waals surface area (Å²) in [5.74, 6) is -0.657. The molecule has 0 amide bonds. The molecule has 0 bridgehead atoms. The minimum Gasteiger partial charge on any atom is -0.507 e. The van der Waals surface area contributed by atoms with Gasteiger partial charge in [-0.3, -0.25) is 0 Å². The van der Waals surface area contributed by atoms with Gasteiger partial charge in [-0.1, -0.05) is 0 Å². The number of benzene rings is 1. The number of aliphatic hydroxyl groups is 1. The van der Waals surface area contributed by atoms with Crippen LogP contribution < -0.4 is 0 Å².